The molecule has 0 spiro atoms. The summed E-state index contributed by atoms with van der Waals surface area (Å²) in [6.45, 7) is 10.5. The first kappa shape index (κ1) is 19.1. The van der Waals surface area contributed by atoms with Crippen molar-refractivity contribution in [2.75, 3.05) is 21.3 Å². The summed E-state index contributed by atoms with van der Waals surface area (Å²) in [6, 6.07) is 0. The van der Waals surface area contributed by atoms with Gasteiger partial charge in [0.15, 0.2) is 12.5 Å². The molecule has 4 N–H and O–H groups in total. The Hall–Kier alpha value is -3.20. The predicted molar refractivity (Wildman–Crippen MR) is 110 cm³/mol. The fraction of sp³-hybridized carbons (Fsp3) is 0.400. The Morgan fingerprint density at radius 1 is 0.793 bits per heavy atom. The van der Waals surface area contributed by atoms with Crippen molar-refractivity contribution in [3.05, 3.63) is 33.6 Å². The molecule has 9 heteroatoms. The van der Waals surface area contributed by atoms with Crippen LogP contribution in [0.4, 0.5) is 23.0 Å². The van der Waals surface area contributed by atoms with Crippen LogP contribution >= 0.6 is 0 Å². The quantitative estimate of drug-likeness (QED) is 0.616. The summed E-state index contributed by atoms with van der Waals surface area (Å²) in [6.07, 6.45) is -0.912. The Balaban J connectivity index is 1.82. The number of aromatic nitrogens is 2. The van der Waals surface area contributed by atoms with Gasteiger partial charge in [0.05, 0.1) is 22.8 Å². The van der Waals surface area contributed by atoms with Crippen LogP contribution in [0, 0.1) is 27.7 Å². The van der Waals surface area contributed by atoms with E-state index in [0.717, 1.165) is 33.6 Å². The maximum Gasteiger partial charge on any atom is 0.221 e. The van der Waals surface area contributed by atoms with Crippen LogP contribution in [0.1, 0.15) is 59.9 Å². The van der Waals surface area contributed by atoms with Crippen molar-refractivity contribution in [1.29, 1.82) is 0 Å². The summed E-state index contributed by atoms with van der Waals surface area (Å²) in [7, 11) is 0. The summed E-state index contributed by atoms with van der Waals surface area (Å²) in [4.78, 5) is 32.5. The summed E-state index contributed by atoms with van der Waals surface area (Å²) >= 11 is 0. The third-order valence-electron chi connectivity index (χ3n) is 5.29. The summed E-state index contributed by atoms with van der Waals surface area (Å²) in [5, 5.41) is 12.4. The Morgan fingerprint density at radius 3 is 1.52 bits per heavy atom. The third-order valence-corrected chi connectivity index (χ3v) is 5.29. The molecule has 2 aromatic heterocycles. The lowest BCUT2D eigenvalue weighted by Gasteiger charge is -2.41. The van der Waals surface area contributed by atoms with Crippen LogP contribution in [0.3, 0.4) is 0 Å². The summed E-state index contributed by atoms with van der Waals surface area (Å²) in [5.74, 6) is 1.10. The molecule has 2 aromatic rings. The van der Waals surface area contributed by atoms with E-state index < -0.39 is 12.5 Å². The molecule has 2 atom stereocenters. The maximum atomic E-state index is 11.6. The summed E-state index contributed by atoms with van der Waals surface area (Å²) < 4.78 is 6.21. The lowest BCUT2D eigenvalue weighted by molar-refractivity contribution is -0.115. The Labute approximate surface area is 168 Å². The second kappa shape index (κ2) is 6.70. The van der Waals surface area contributed by atoms with Crippen LogP contribution in [0.5, 0.6) is 0 Å². The highest BCUT2D eigenvalue weighted by Gasteiger charge is 2.39. The number of ether oxygens (including phenoxy) is 1. The van der Waals surface area contributed by atoms with Gasteiger partial charge in [0.25, 0.3) is 0 Å². The molecule has 2 aliphatic heterocycles. The zero-order valence-corrected chi connectivity index (χ0v) is 17.3. The highest BCUT2D eigenvalue weighted by atomic mass is 16.5. The van der Waals surface area contributed by atoms with Crippen LogP contribution in [0.25, 0.3) is 0 Å². The maximum absolute atomic E-state index is 11.6. The van der Waals surface area contributed by atoms with Gasteiger partial charge in [-0.3, -0.25) is 9.59 Å². The number of carbonyl (C=O) groups is 2. The molecule has 0 radical (unpaired) electrons. The number of carbonyl (C=O) groups excluding carboxylic acids is 2. The molecule has 0 saturated heterocycles. The van der Waals surface area contributed by atoms with Crippen LogP contribution in [0.2, 0.25) is 0 Å². The molecular formula is C20H24N6O3. The zero-order chi connectivity index (χ0) is 21.0. The van der Waals surface area contributed by atoms with E-state index in [4.69, 9.17) is 4.74 Å². The van der Waals surface area contributed by atoms with Crippen molar-refractivity contribution in [1.82, 2.24) is 9.97 Å². The van der Waals surface area contributed by atoms with Crippen molar-refractivity contribution in [3.63, 3.8) is 0 Å². The number of rotatable bonds is 2. The van der Waals surface area contributed by atoms with Gasteiger partial charge in [-0.1, -0.05) is 0 Å². The Bertz CT molecular complexity index is 982. The zero-order valence-electron chi connectivity index (χ0n) is 17.3. The van der Waals surface area contributed by atoms with Crippen molar-refractivity contribution in [2.45, 2.75) is 54.0 Å². The van der Waals surface area contributed by atoms with Gasteiger partial charge in [-0.05, 0) is 38.8 Å². The largest absolute Gasteiger partial charge is 0.340 e. The number of anilines is 4. The molecule has 4 rings (SSSR count). The van der Waals surface area contributed by atoms with E-state index in [2.05, 4.69) is 31.2 Å². The molecule has 1 unspecified atom stereocenters. The Kier molecular flexibility index (Phi) is 4.42. The lowest BCUT2D eigenvalue weighted by Crippen LogP contribution is -2.36. The minimum absolute atomic E-state index is 0.152. The molecule has 4 heterocycles. The van der Waals surface area contributed by atoms with Crippen molar-refractivity contribution in [3.8, 4) is 0 Å². The van der Waals surface area contributed by atoms with Gasteiger partial charge >= 0.3 is 0 Å². The van der Waals surface area contributed by atoms with Gasteiger partial charge in [0.1, 0.15) is 11.6 Å². The fourth-order valence-electron chi connectivity index (χ4n) is 4.05. The van der Waals surface area contributed by atoms with Crippen LogP contribution in [-0.4, -0.2) is 21.8 Å². The molecular weight excluding hydrogens is 372 g/mol. The first-order valence-corrected chi connectivity index (χ1v) is 9.43. The SMILES string of the molecule is CC(=O)Nc1c(C)nc2c(c1C)C1Nc3nc(C)c(NC(C)=O)c(C)c3[C@@H](N2)O1. The Morgan fingerprint density at radius 2 is 1.17 bits per heavy atom. The highest BCUT2D eigenvalue weighted by molar-refractivity contribution is 5.92. The second-order valence-corrected chi connectivity index (χ2v) is 7.47. The molecule has 2 aliphatic rings. The summed E-state index contributed by atoms with van der Waals surface area (Å²) in [5.41, 5.74) is 6.27. The first-order chi connectivity index (χ1) is 13.7. The lowest BCUT2D eigenvalue weighted by atomic mass is 9.98. The average molecular weight is 396 g/mol. The second-order valence-electron chi connectivity index (χ2n) is 7.47. The molecule has 0 aliphatic carbocycles. The van der Waals surface area contributed by atoms with Crippen molar-refractivity contribution < 1.29 is 14.3 Å². The van der Waals surface area contributed by atoms with Gasteiger partial charge in [-0.25, -0.2) is 9.97 Å². The van der Waals surface area contributed by atoms with Crippen molar-refractivity contribution >= 4 is 34.8 Å². The number of nitrogens with one attached hydrogen (secondary N) is 4. The van der Waals surface area contributed by atoms with E-state index in [1.165, 1.54) is 13.8 Å². The first-order valence-electron chi connectivity index (χ1n) is 9.43. The average Bonchev–Trinajstić information content (AvgIpc) is 2.61. The van der Waals surface area contributed by atoms with E-state index in [9.17, 15) is 9.59 Å². The van der Waals surface area contributed by atoms with Gasteiger partial charge in [0, 0.05) is 25.0 Å². The van der Waals surface area contributed by atoms with Crippen molar-refractivity contribution in [2.24, 2.45) is 0 Å². The molecule has 0 aromatic carbocycles. The molecule has 2 amide bonds. The van der Waals surface area contributed by atoms with Gasteiger partial charge in [-0.2, -0.15) is 0 Å². The predicted octanol–water partition coefficient (Wildman–Crippen LogP) is 3.19. The van der Waals surface area contributed by atoms with Gasteiger partial charge in [0.2, 0.25) is 11.8 Å². The standard InChI is InChI=1S/C20H24N6O3/c1-7-13-17(21-9(3)15(7)23-11(5)27)25-20-14-8(2)16(24-12(6)28)10(4)22-18(14)26-19(13)29-20/h19-20H,1-6H3,(H,21,25)(H,22,26)(H,23,27)(H,24,28)/t19-,20?/m0/s1. The monoisotopic (exact) mass is 396 g/mol. The van der Waals surface area contributed by atoms with E-state index in [1.807, 2.05) is 27.7 Å². The smallest absolute Gasteiger partial charge is 0.221 e. The molecule has 0 fully saturated rings. The number of pyridine rings is 2. The van der Waals surface area contributed by atoms with E-state index in [0.29, 0.717) is 23.0 Å². The number of nitrogens with zero attached hydrogens (tertiary/aromatic N) is 2. The van der Waals surface area contributed by atoms with Crippen LogP contribution in [0.15, 0.2) is 0 Å². The van der Waals surface area contributed by atoms with Crippen LogP contribution < -0.4 is 21.3 Å². The normalized spacial score (nSPS) is 18.7. The number of amides is 2. The minimum atomic E-state index is -0.456. The van der Waals surface area contributed by atoms with Gasteiger partial charge < -0.3 is 26.0 Å². The highest BCUT2D eigenvalue weighted by Crippen LogP contribution is 2.48. The molecule has 9 nitrogen and oxygen atoms in total. The topological polar surface area (TPSA) is 117 Å². The number of hydrogen-bond acceptors (Lipinski definition) is 7. The minimum Gasteiger partial charge on any atom is -0.340 e. The fourth-order valence-corrected chi connectivity index (χ4v) is 4.05. The van der Waals surface area contributed by atoms with Gasteiger partial charge in [-0.15, -0.1) is 0 Å². The molecule has 2 bridgehead atoms. The number of hydrogen-bond donors (Lipinski definition) is 4. The molecule has 29 heavy (non-hydrogen) atoms. The molecule has 152 valence electrons. The van der Waals surface area contributed by atoms with E-state index >= 15 is 0 Å². The third kappa shape index (κ3) is 3.07. The van der Waals surface area contributed by atoms with E-state index in [1.54, 1.807) is 0 Å². The number of fused-ring (bicyclic) bond motifs is 6. The van der Waals surface area contributed by atoms with Crippen LogP contribution in [-0.2, 0) is 14.3 Å². The van der Waals surface area contributed by atoms with E-state index in [-0.39, 0.29) is 11.8 Å². The molecule has 0 saturated carbocycles. The number of aryl methyl sites for hydroxylation is 2.